The van der Waals surface area contributed by atoms with E-state index in [2.05, 4.69) is 4.99 Å². The van der Waals surface area contributed by atoms with E-state index in [4.69, 9.17) is 28.8 Å². The summed E-state index contributed by atoms with van der Waals surface area (Å²) in [5.41, 5.74) is 20.9. The molecule has 5 nitrogen and oxygen atoms in total. The Labute approximate surface area is 150 Å². The fourth-order valence-electron chi connectivity index (χ4n) is 2.24. The molecule has 1 aliphatic rings. The SMILES string of the molecule is CS(=O)CCN=C(N)C(=C(N)C1CC1)/C(Cl)=C(\N)c1ccccc1. The van der Waals surface area contributed by atoms with E-state index in [1.54, 1.807) is 6.26 Å². The molecule has 0 bridgehead atoms. The lowest BCUT2D eigenvalue weighted by Crippen LogP contribution is -2.23. The summed E-state index contributed by atoms with van der Waals surface area (Å²) in [6, 6.07) is 9.41. The van der Waals surface area contributed by atoms with Crippen molar-refractivity contribution in [2.45, 2.75) is 12.8 Å². The van der Waals surface area contributed by atoms with Crippen molar-refractivity contribution in [1.82, 2.24) is 0 Å². The standard InChI is InChI=1S/C17H23ClN4OS/c1-24(23)10-9-22-17(21)13(15(19)12-7-8-12)14(18)16(20)11-5-3-2-4-6-11/h2-6,12H,7-10,19-20H2,1H3,(H2,21,22)/b15-13?,16-14+. The van der Waals surface area contributed by atoms with Crippen LogP contribution in [0.3, 0.4) is 0 Å². The van der Waals surface area contributed by atoms with Crippen LogP contribution in [0.1, 0.15) is 18.4 Å². The first-order chi connectivity index (χ1) is 11.4. The number of aliphatic imine (C=N–C) groups is 1. The zero-order valence-corrected chi connectivity index (χ0v) is 15.2. The highest BCUT2D eigenvalue weighted by atomic mass is 35.5. The maximum Gasteiger partial charge on any atom is 0.129 e. The van der Waals surface area contributed by atoms with Crippen molar-refractivity contribution < 1.29 is 4.21 Å². The molecule has 24 heavy (non-hydrogen) atoms. The second-order valence-electron chi connectivity index (χ2n) is 5.74. The molecule has 0 aliphatic heterocycles. The lowest BCUT2D eigenvalue weighted by molar-refractivity contribution is 0.686. The van der Waals surface area contributed by atoms with E-state index < -0.39 is 10.8 Å². The highest BCUT2D eigenvalue weighted by molar-refractivity contribution is 7.84. The summed E-state index contributed by atoms with van der Waals surface area (Å²) < 4.78 is 11.2. The molecule has 130 valence electrons. The highest BCUT2D eigenvalue weighted by Gasteiger charge is 2.29. The molecule has 0 aromatic heterocycles. The van der Waals surface area contributed by atoms with Crippen molar-refractivity contribution in [1.29, 1.82) is 0 Å². The fourth-order valence-corrected chi connectivity index (χ4v) is 2.90. The van der Waals surface area contributed by atoms with Gasteiger partial charge in [0.1, 0.15) is 5.84 Å². The Balaban J connectivity index is 2.40. The molecule has 0 spiro atoms. The molecular formula is C17H23ClN4OS. The third kappa shape index (κ3) is 4.85. The predicted molar refractivity (Wildman–Crippen MR) is 103 cm³/mol. The molecule has 0 amide bonds. The van der Waals surface area contributed by atoms with Gasteiger partial charge in [-0.05, 0) is 24.3 Å². The van der Waals surface area contributed by atoms with Gasteiger partial charge in [-0.25, -0.2) is 0 Å². The highest BCUT2D eigenvalue weighted by Crippen LogP contribution is 2.38. The fraction of sp³-hybridized carbons (Fsp3) is 0.353. The van der Waals surface area contributed by atoms with Crippen molar-refractivity contribution in [2.24, 2.45) is 28.1 Å². The van der Waals surface area contributed by atoms with E-state index in [0.717, 1.165) is 18.4 Å². The van der Waals surface area contributed by atoms with Crippen LogP contribution in [0.15, 0.2) is 51.6 Å². The van der Waals surface area contributed by atoms with Crippen LogP contribution in [-0.2, 0) is 10.8 Å². The smallest absolute Gasteiger partial charge is 0.129 e. The first-order valence-corrected chi connectivity index (χ1v) is 9.83. The molecule has 1 atom stereocenters. The molecule has 1 saturated carbocycles. The number of amidine groups is 1. The number of nitrogens with two attached hydrogens (primary N) is 3. The van der Waals surface area contributed by atoms with Crippen molar-refractivity contribution >= 4 is 33.9 Å². The van der Waals surface area contributed by atoms with Gasteiger partial charge in [-0.1, -0.05) is 41.9 Å². The van der Waals surface area contributed by atoms with Gasteiger partial charge in [-0.2, -0.15) is 0 Å². The van der Waals surface area contributed by atoms with E-state index in [9.17, 15) is 4.21 Å². The molecule has 1 aromatic carbocycles. The molecule has 0 heterocycles. The average Bonchev–Trinajstić information content (AvgIpc) is 3.39. The minimum Gasteiger partial charge on any atom is -0.401 e. The maximum atomic E-state index is 11.2. The zero-order chi connectivity index (χ0) is 17.7. The van der Waals surface area contributed by atoms with Crippen LogP contribution in [0.2, 0.25) is 0 Å². The van der Waals surface area contributed by atoms with Gasteiger partial charge in [-0.3, -0.25) is 9.20 Å². The monoisotopic (exact) mass is 366 g/mol. The Kier molecular flexibility index (Phi) is 6.45. The summed E-state index contributed by atoms with van der Waals surface area (Å²) in [6.45, 7) is 0.353. The molecule has 0 radical (unpaired) electrons. The number of allylic oxidation sites excluding steroid dienone is 1. The van der Waals surface area contributed by atoms with Crippen LogP contribution in [0.4, 0.5) is 0 Å². The summed E-state index contributed by atoms with van der Waals surface area (Å²) >= 11 is 6.53. The Bertz CT molecular complexity index is 709. The van der Waals surface area contributed by atoms with Crippen LogP contribution in [0.5, 0.6) is 0 Å². The quantitative estimate of drug-likeness (QED) is 0.389. The van der Waals surface area contributed by atoms with Gasteiger partial charge in [0, 0.05) is 28.5 Å². The molecule has 7 heteroatoms. The largest absolute Gasteiger partial charge is 0.401 e. The van der Waals surface area contributed by atoms with Gasteiger partial charge in [0.25, 0.3) is 0 Å². The summed E-state index contributed by atoms with van der Waals surface area (Å²) in [7, 11) is -0.931. The second kappa shape index (κ2) is 8.35. The lowest BCUT2D eigenvalue weighted by Gasteiger charge is -2.14. The van der Waals surface area contributed by atoms with Gasteiger partial charge in [-0.15, -0.1) is 0 Å². The zero-order valence-electron chi connectivity index (χ0n) is 13.7. The molecule has 1 aromatic rings. The number of nitrogens with zero attached hydrogens (tertiary/aromatic N) is 1. The van der Waals surface area contributed by atoms with Gasteiger partial charge in [0.2, 0.25) is 0 Å². The summed E-state index contributed by atoms with van der Waals surface area (Å²) in [5, 5.41) is 0.310. The number of halogens is 1. The Hall–Kier alpha value is -1.79. The van der Waals surface area contributed by atoms with Crippen LogP contribution >= 0.6 is 11.6 Å². The molecule has 0 saturated heterocycles. The number of hydrogen-bond acceptors (Lipinski definition) is 4. The molecular weight excluding hydrogens is 344 g/mol. The molecule has 1 unspecified atom stereocenters. The van der Waals surface area contributed by atoms with E-state index in [1.807, 2.05) is 30.3 Å². The van der Waals surface area contributed by atoms with Gasteiger partial charge in [0.05, 0.1) is 22.8 Å². The van der Waals surface area contributed by atoms with Crippen LogP contribution in [-0.4, -0.2) is 28.6 Å². The summed E-state index contributed by atoms with van der Waals surface area (Å²) in [5.74, 6) is 0.951. The van der Waals surface area contributed by atoms with Gasteiger partial charge < -0.3 is 17.2 Å². The summed E-state index contributed by atoms with van der Waals surface area (Å²) in [4.78, 5) is 4.28. The Morgan fingerprint density at radius 1 is 1.25 bits per heavy atom. The van der Waals surface area contributed by atoms with Crippen LogP contribution < -0.4 is 17.2 Å². The van der Waals surface area contributed by atoms with E-state index >= 15 is 0 Å². The van der Waals surface area contributed by atoms with Crippen LogP contribution in [0.25, 0.3) is 5.70 Å². The van der Waals surface area contributed by atoms with Gasteiger partial charge >= 0.3 is 0 Å². The molecule has 2 rings (SSSR count). The topological polar surface area (TPSA) is 107 Å². The minimum atomic E-state index is -0.931. The van der Waals surface area contributed by atoms with Crippen molar-refractivity contribution in [3.8, 4) is 0 Å². The predicted octanol–water partition coefficient (Wildman–Crippen LogP) is 1.91. The van der Waals surface area contributed by atoms with Crippen molar-refractivity contribution in [3.05, 3.63) is 52.2 Å². The van der Waals surface area contributed by atoms with E-state index in [-0.39, 0.29) is 11.8 Å². The number of benzene rings is 1. The first-order valence-electron chi connectivity index (χ1n) is 7.72. The van der Waals surface area contributed by atoms with Gasteiger partial charge in [0.15, 0.2) is 0 Å². The number of rotatable bonds is 7. The van der Waals surface area contributed by atoms with E-state index in [1.165, 1.54) is 0 Å². The molecule has 6 N–H and O–H groups in total. The minimum absolute atomic E-state index is 0.244. The second-order valence-corrected chi connectivity index (χ2v) is 7.68. The van der Waals surface area contributed by atoms with Crippen LogP contribution in [0, 0.1) is 5.92 Å². The third-order valence-electron chi connectivity index (χ3n) is 3.76. The average molecular weight is 367 g/mol. The molecule has 1 aliphatic carbocycles. The first kappa shape index (κ1) is 18.5. The normalized spacial score (nSPS) is 18.7. The third-order valence-corrected chi connectivity index (χ3v) is 4.91. The Morgan fingerprint density at radius 2 is 1.88 bits per heavy atom. The molecule has 1 fully saturated rings. The van der Waals surface area contributed by atoms with Crippen molar-refractivity contribution in [3.63, 3.8) is 0 Å². The van der Waals surface area contributed by atoms with E-state index in [0.29, 0.717) is 34.3 Å². The Morgan fingerprint density at radius 3 is 2.42 bits per heavy atom. The number of hydrogen-bond donors (Lipinski definition) is 3. The van der Waals surface area contributed by atoms with Crippen molar-refractivity contribution in [2.75, 3.05) is 18.6 Å². The lowest BCUT2D eigenvalue weighted by atomic mass is 10.0. The maximum absolute atomic E-state index is 11.2. The summed E-state index contributed by atoms with van der Waals surface area (Å²) in [6.07, 6.45) is 3.65.